The lowest BCUT2D eigenvalue weighted by Crippen LogP contribution is -2.22. The maximum absolute atomic E-state index is 3.56. The van der Waals surface area contributed by atoms with E-state index in [0.29, 0.717) is 6.04 Å². The Morgan fingerprint density at radius 2 is 1.79 bits per heavy atom. The van der Waals surface area contributed by atoms with Gasteiger partial charge in [0.15, 0.2) is 0 Å². The first-order chi connectivity index (χ1) is 9.08. The average molecular weight is 468 g/mol. The minimum Gasteiger partial charge on any atom is -0.310 e. The van der Waals surface area contributed by atoms with E-state index in [4.69, 9.17) is 0 Å². The first-order valence-electron chi connectivity index (χ1n) is 6.02. The highest BCUT2D eigenvalue weighted by Crippen LogP contribution is 2.29. The lowest BCUT2D eigenvalue weighted by atomic mass is 10.0. The van der Waals surface area contributed by atoms with E-state index in [1.807, 2.05) is 0 Å². The Kier molecular flexibility index (Phi) is 6.09. The molecule has 0 aliphatic carbocycles. The van der Waals surface area contributed by atoms with Crippen LogP contribution < -0.4 is 5.32 Å². The SMILES string of the molecule is CCNC(Cc1ccc(Br)s1)c1cc(Br)cc(Br)c1. The zero-order valence-electron chi connectivity index (χ0n) is 10.4. The van der Waals surface area contributed by atoms with Gasteiger partial charge in [-0.25, -0.2) is 0 Å². The standard InChI is InChI=1S/C14H14Br3NS/c1-2-18-13(8-12-3-4-14(17)19-12)9-5-10(15)7-11(16)6-9/h3-7,13,18H,2,8H2,1H3. The Bertz CT molecular complexity index is 533. The number of thiophene rings is 1. The second-order valence-electron chi connectivity index (χ2n) is 4.22. The second-order valence-corrected chi connectivity index (χ2v) is 8.60. The number of halogens is 3. The van der Waals surface area contributed by atoms with E-state index in [-0.39, 0.29) is 0 Å². The van der Waals surface area contributed by atoms with Crippen molar-refractivity contribution in [2.24, 2.45) is 0 Å². The fourth-order valence-electron chi connectivity index (χ4n) is 1.99. The Morgan fingerprint density at radius 1 is 1.11 bits per heavy atom. The summed E-state index contributed by atoms with van der Waals surface area (Å²) >= 11 is 12.4. The molecular formula is C14H14Br3NS. The number of hydrogen-bond acceptors (Lipinski definition) is 2. The largest absolute Gasteiger partial charge is 0.310 e. The number of likely N-dealkylation sites (N-methyl/N-ethyl adjacent to an activating group) is 1. The third-order valence-electron chi connectivity index (χ3n) is 2.77. The van der Waals surface area contributed by atoms with E-state index in [0.717, 1.165) is 21.9 Å². The quantitative estimate of drug-likeness (QED) is 0.574. The van der Waals surface area contributed by atoms with Crippen LogP contribution in [0.1, 0.15) is 23.4 Å². The predicted molar refractivity (Wildman–Crippen MR) is 94.0 cm³/mol. The molecule has 0 saturated carbocycles. The second kappa shape index (κ2) is 7.36. The summed E-state index contributed by atoms with van der Waals surface area (Å²) in [5.74, 6) is 0. The van der Waals surface area contributed by atoms with Gasteiger partial charge in [-0.05, 0) is 58.4 Å². The van der Waals surface area contributed by atoms with Gasteiger partial charge in [0.05, 0.1) is 3.79 Å². The molecule has 0 saturated heterocycles. The monoisotopic (exact) mass is 465 g/mol. The van der Waals surface area contributed by atoms with Crippen molar-refractivity contribution < 1.29 is 0 Å². The van der Waals surface area contributed by atoms with Gasteiger partial charge in [-0.15, -0.1) is 11.3 Å². The van der Waals surface area contributed by atoms with Crippen molar-refractivity contribution in [3.8, 4) is 0 Å². The van der Waals surface area contributed by atoms with Crippen LogP contribution in [0.4, 0.5) is 0 Å². The van der Waals surface area contributed by atoms with Crippen molar-refractivity contribution in [2.45, 2.75) is 19.4 Å². The molecule has 19 heavy (non-hydrogen) atoms. The van der Waals surface area contributed by atoms with E-state index in [1.165, 1.54) is 14.2 Å². The van der Waals surface area contributed by atoms with Crippen LogP contribution >= 0.6 is 59.1 Å². The zero-order chi connectivity index (χ0) is 13.8. The summed E-state index contributed by atoms with van der Waals surface area (Å²) in [6.07, 6.45) is 1.01. The molecule has 0 fully saturated rings. The Hall–Kier alpha value is 0.320. The predicted octanol–water partition coefficient (Wildman–Crippen LogP) is 5.93. The van der Waals surface area contributed by atoms with Crippen molar-refractivity contribution in [3.05, 3.63) is 53.5 Å². The fraction of sp³-hybridized carbons (Fsp3) is 0.286. The molecule has 0 spiro atoms. The molecule has 1 nitrogen and oxygen atoms in total. The van der Waals surface area contributed by atoms with Crippen LogP contribution in [0.3, 0.4) is 0 Å². The Balaban J connectivity index is 2.23. The van der Waals surface area contributed by atoms with Crippen LogP contribution in [0.2, 0.25) is 0 Å². The molecule has 5 heteroatoms. The number of benzene rings is 1. The molecule has 1 atom stereocenters. The molecule has 1 aromatic carbocycles. The van der Waals surface area contributed by atoms with Gasteiger partial charge in [0, 0.05) is 26.3 Å². The molecule has 0 amide bonds. The van der Waals surface area contributed by atoms with Gasteiger partial charge in [0.1, 0.15) is 0 Å². The summed E-state index contributed by atoms with van der Waals surface area (Å²) in [4.78, 5) is 1.38. The van der Waals surface area contributed by atoms with Crippen LogP contribution in [-0.4, -0.2) is 6.54 Å². The molecule has 1 N–H and O–H groups in total. The van der Waals surface area contributed by atoms with Gasteiger partial charge in [0.2, 0.25) is 0 Å². The molecule has 1 aromatic heterocycles. The van der Waals surface area contributed by atoms with Crippen LogP contribution in [0.5, 0.6) is 0 Å². The van der Waals surface area contributed by atoms with Crippen LogP contribution in [0.25, 0.3) is 0 Å². The van der Waals surface area contributed by atoms with Crippen LogP contribution in [0, 0.1) is 0 Å². The smallest absolute Gasteiger partial charge is 0.0701 e. The van der Waals surface area contributed by atoms with Gasteiger partial charge < -0.3 is 5.32 Å². The topological polar surface area (TPSA) is 12.0 Å². The first-order valence-corrected chi connectivity index (χ1v) is 9.21. The molecule has 0 aliphatic heterocycles. The molecule has 0 radical (unpaired) electrons. The summed E-state index contributed by atoms with van der Waals surface area (Å²) in [6.45, 7) is 3.10. The molecule has 0 aliphatic rings. The van der Waals surface area contributed by atoms with Crippen molar-refractivity contribution in [2.75, 3.05) is 6.54 Å². The minimum absolute atomic E-state index is 0.337. The molecule has 1 heterocycles. The summed E-state index contributed by atoms with van der Waals surface area (Å²) < 4.78 is 3.40. The first kappa shape index (κ1) is 15.7. The molecule has 0 bridgehead atoms. The molecule has 102 valence electrons. The molecule has 2 rings (SSSR count). The summed E-state index contributed by atoms with van der Waals surface area (Å²) in [5, 5.41) is 3.56. The van der Waals surface area contributed by atoms with Crippen LogP contribution in [0.15, 0.2) is 43.1 Å². The number of nitrogens with one attached hydrogen (secondary N) is 1. The molecule has 1 unspecified atom stereocenters. The minimum atomic E-state index is 0.337. The lowest BCUT2D eigenvalue weighted by Gasteiger charge is -2.18. The van der Waals surface area contributed by atoms with Crippen LogP contribution in [-0.2, 0) is 6.42 Å². The maximum atomic E-state index is 3.56. The molecule has 2 aromatic rings. The fourth-order valence-corrected chi connectivity index (χ4v) is 4.85. The van der Waals surface area contributed by atoms with Gasteiger partial charge in [-0.1, -0.05) is 38.8 Å². The van der Waals surface area contributed by atoms with E-state index >= 15 is 0 Å². The van der Waals surface area contributed by atoms with E-state index < -0.39 is 0 Å². The maximum Gasteiger partial charge on any atom is 0.0701 e. The Labute approximate surface area is 143 Å². The van der Waals surface area contributed by atoms with Gasteiger partial charge in [-0.3, -0.25) is 0 Å². The van der Waals surface area contributed by atoms with Crippen molar-refractivity contribution in [1.82, 2.24) is 5.32 Å². The highest BCUT2D eigenvalue weighted by atomic mass is 79.9. The third kappa shape index (κ3) is 4.67. The van der Waals surface area contributed by atoms with Crippen molar-refractivity contribution >= 4 is 59.1 Å². The van der Waals surface area contributed by atoms with Gasteiger partial charge >= 0.3 is 0 Å². The third-order valence-corrected chi connectivity index (χ3v) is 5.33. The number of rotatable bonds is 5. The normalized spacial score (nSPS) is 12.6. The summed E-state index contributed by atoms with van der Waals surface area (Å²) in [5.41, 5.74) is 1.30. The lowest BCUT2D eigenvalue weighted by molar-refractivity contribution is 0.553. The van der Waals surface area contributed by atoms with Gasteiger partial charge in [0.25, 0.3) is 0 Å². The Morgan fingerprint density at radius 3 is 2.32 bits per heavy atom. The van der Waals surface area contributed by atoms with E-state index in [9.17, 15) is 0 Å². The van der Waals surface area contributed by atoms with Crippen molar-refractivity contribution in [3.63, 3.8) is 0 Å². The van der Waals surface area contributed by atoms with E-state index in [2.05, 4.69) is 90.4 Å². The highest BCUT2D eigenvalue weighted by Gasteiger charge is 2.13. The molecular weight excluding hydrogens is 454 g/mol. The zero-order valence-corrected chi connectivity index (χ0v) is 16.0. The summed E-state index contributed by atoms with van der Waals surface area (Å²) in [6, 6.07) is 11.1. The van der Waals surface area contributed by atoms with Gasteiger partial charge in [-0.2, -0.15) is 0 Å². The average Bonchev–Trinajstić information content (AvgIpc) is 2.73. The van der Waals surface area contributed by atoms with Crippen molar-refractivity contribution in [1.29, 1.82) is 0 Å². The number of hydrogen-bond donors (Lipinski definition) is 1. The highest BCUT2D eigenvalue weighted by molar-refractivity contribution is 9.11. The summed E-state index contributed by atoms with van der Waals surface area (Å²) in [7, 11) is 0. The van der Waals surface area contributed by atoms with E-state index in [1.54, 1.807) is 11.3 Å².